The summed E-state index contributed by atoms with van der Waals surface area (Å²) in [5.74, 6) is 0.455. The van der Waals surface area contributed by atoms with Gasteiger partial charge in [0.25, 0.3) is 5.91 Å². The van der Waals surface area contributed by atoms with Crippen molar-refractivity contribution in [3.63, 3.8) is 0 Å². The highest BCUT2D eigenvalue weighted by molar-refractivity contribution is 6.33. The predicted octanol–water partition coefficient (Wildman–Crippen LogP) is 1.03. The van der Waals surface area contributed by atoms with Crippen LogP contribution < -0.4 is 16.0 Å². The van der Waals surface area contributed by atoms with Gasteiger partial charge in [0.15, 0.2) is 0 Å². The van der Waals surface area contributed by atoms with Gasteiger partial charge in [0.2, 0.25) is 5.91 Å². The Morgan fingerprint density at radius 2 is 2.00 bits per heavy atom. The van der Waals surface area contributed by atoms with Crippen LogP contribution in [0.4, 0.5) is 5.82 Å². The van der Waals surface area contributed by atoms with Crippen molar-refractivity contribution in [1.29, 1.82) is 0 Å². The summed E-state index contributed by atoms with van der Waals surface area (Å²) in [5.41, 5.74) is 0.173. The molecule has 0 aliphatic heterocycles. The van der Waals surface area contributed by atoms with E-state index in [1.54, 1.807) is 19.2 Å². The molecule has 6 nitrogen and oxygen atoms in total. The second kappa shape index (κ2) is 6.56. The molecule has 0 bridgehead atoms. The van der Waals surface area contributed by atoms with Crippen LogP contribution in [0.3, 0.4) is 0 Å². The first-order valence-electron chi connectivity index (χ1n) is 6.52. The number of nitrogens with zero attached hydrogens (tertiary/aromatic N) is 1. The van der Waals surface area contributed by atoms with Crippen LogP contribution in [0.2, 0.25) is 5.02 Å². The molecule has 0 aromatic carbocycles. The van der Waals surface area contributed by atoms with Crippen LogP contribution in [0.5, 0.6) is 0 Å². The average molecular weight is 297 g/mol. The lowest BCUT2D eigenvalue weighted by molar-refractivity contribution is -0.122. The molecule has 3 N–H and O–H groups in total. The molecule has 2 amide bonds. The van der Waals surface area contributed by atoms with Gasteiger partial charge in [-0.2, -0.15) is 0 Å². The predicted molar refractivity (Wildman–Crippen MR) is 76.9 cm³/mol. The molecule has 1 fully saturated rings. The number of halogens is 1. The Bertz CT molecular complexity index is 517. The summed E-state index contributed by atoms with van der Waals surface area (Å²) in [6.07, 6.45) is 1.93. The fraction of sp³-hybridized carbons (Fsp3) is 0.462. The first-order chi connectivity index (χ1) is 9.61. The molecule has 1 aromatic rings. The Hall–Kier alpha value is -1.82. The summed E-state index contributed by atoms with van der Waals surface area (Å²) < 4.78 is 0. The van der Waals surface area contributed by atoms with Crippen molar-refractivity contribution < 1.29 is 9.59 Å². The largest absolute Gasteiger partial charge is 0.373 e. The summed E-state index contributed by atoms with van der Waals surface area (Å²) in [6.45, 7) is 0.753. The lowest BCUT2D eigenvalue weighted by Crippen LogP contribution is -2.35. The molecule has 0 unspecified atom stereocenters. The Kier molecular flexibility index (Phi) is 4.79. The Labute approximate surface area is 122 Å². The average Bonchev–Trinajstić information content (AvgIpc) is 3.28. The number of rotatable bonds is 6. The van der Waals surface area contributed by atoms with Crippen molar-refractivity contribution in [3.05, 3.63) is 22.8 Å². The standard InChI is InChI=1S/C13H17ClN4O2/c1-15-10-5-4-9(14)11(18-10)13(20)17-7-6-16-12(19)8-2-3-8/h4-5,8H,2-3,6-7H2,1H3,(H,15,18)(H,16,19)(H,17,20). The van der Waals surface area contributed by atoms with Crippen LogP contribution in [-0.2, 0) is 4.79 Å². The molecular weight excluding hydrogens is 280 g/mol. The van der Waals surface area contributed by atoms with Crippen LogP contribution in [0.15, 0.2) is 12.1 Å². The maximum absolute atomic E-state index is 11.9. The maximum Gasteiger partial charge on any atom is 0.271 e. The van der Waals surface area contributed by atoms with Crippen molar-refractivity contribution in [2.75, 3.05) is 25.5 Å². The molecule has 1 aliphatic carbocycles. The topological polar surface area (TPSA) is 83.1 Å². The minimum atomic E-state index is -0.354. The van der Waals surface area contributed by atoms with Crippen LogP contribution >= 0.6 is 11.6 Å². The fourth-order valence-corrected chi connectivity index (χ4v) is 1.87. The zero-order valence-electron chi connectivity index (χ0n) is 11.2. The smallest absolute Gasteiger partial charge is 0.271 e. The highest BCUT2D eigenvalue weighted by Gasteiger charge is 2.29. The third-order valence-corrected chi connectivity index (χ3v) is 3.28. The number of anilines is 1. The molecule has 0 radical (unpaired) electrons. The van der Waals surface area contributed by atoms with E-state index in [0.29, 0.717) is 23.9 Å². The van der Waals surface area contributed by atoms with Gasteiger partial charge in [-0.25, -0.2) is 4.98 Å². The summed E-state index contributed by atoms with van der Waals surface area (Å²) in [7, 11) is 1.71. The summed E-state index contributed by atoms with van der Waals surface area (Å²) in [6, 6.07) is 3.30. The second-order valence-electron chi connectivity index (χ2n) is 4.60. The molecule has 7 heteroatoms. The van der Waals surface area contributed by atoms with Crippen LogP contribution in [0, 0.1) is 5.92 Å². The minimum Gasteiger partial charge on any atom is -0.373 e. The molecule has 1 saturated carbocycles. The second-order valence-corrected chi connectivity index (χ2v) is 5.01. The third-order valence-electron chi connectivity index (χ3n) is 2.98. The molecule has 0 spiro atoms. The molecule has 0 saturated heterocycles. The number of nitrogens with one attached hydrogen (secondary N) is 3. The zero-order valence-corrected chi connectivity index (χ0v) is 12.0. The summed E-state index contributed by atoms with van der Waals surface area (Å²) in [4.78, 5) is 27.4. The fourth-order valence-electron chi connectivity index (χ4n) is 1.68. The summed E-state index contributed by atoms with van der Waals surface area (Å²) in [5, 5.41) is 8.59. The number of amides is 2. The lowest BCUT2D eigenvalue weighted by atomic mass is 10.3. The Morgan fingerprint density at radius 3 is 2.65 bits per heavy atom. The molecule has 1 heterocycles. The Balaban J connectivity index is 1.80. The highest BCUT2D eigenvalue weighted by atomic mass is 35.5. The molecule has 1 aliphatic rings. The lowest BCUT2D eigenvalue weighted by Gasteiger charge is -2.08. The van der Waals surface area contributed by atoms with E-state index in [4.69, 9.17) is 11.6 Å². The van der Waals surface area contributed by atoms with Gasteiger partial charge in [-0.15, -0.1) is 0 Å². The van der Waals surface area contributed by atoms with Crippen molar-refractivity contribution in [2.24, 2.45) is 5.92 Å². The van der Waals surface area contributed by atoms with Gasteiger partial charge in [-0.05, 0) is 25.0 Å². The minimum absolute atomic E-state index is 0.0626. The third kappa shape index (κ3) is 3.84. The van der Waals surface area contributed by atoms with Crippen LogP contribution in [0.25, 0.3) is 0 Å². The first-order valence-corrected chi connectivity index (χ1v) is 6.90. The van der Waals surface area contributed by atoms with Crippen molar-refractivity contribution in [3.8, 4) is 0 Å². The number of hydrogen-bond acceptors (Lipinski definition) is 4. The SMILES string of the molecule is CNc1ccc(Cl)c(C(=O)NCCNC(=O)C2CC2)n1. The molecule has 108 valence electrons. The van der Waals surface area contributed by atoms with E-state index in [0.717, 1.165) is 12.8 Å². The number of hydrogen-bond donors (Lipinski definition) is 3. The van der Waals surface area contributed by atoms with E-state index in [-0.39, 0.29) is 23.4 Å². The number of carbonyl (C=O) groups excluding carboxylic acids is 2. The highest BCUT2D eigenvalue weighted by Crippen LogP contribution is 2.28. The first kappa shape index (κ1) is 14.6. The van der Waals surface area contributed by atoms with Gasteiger partial charge in [-0.1, -0.05) is 11.6 Å². The van der Waals surface area contributed by atoms with Crippen LogP contribution in [0.1, 0.15) is 23.3 Å². The molecule has 1 aromatic heterocycles. The van der Waals surface area contributed by atoms with E-state index in [1.807, 2.05) is 0 Å². The normalized spacial score (nSPS) is 13.7. The van der Waals surface area contributed by atoms with Gasteiger partial charge in [0.05, 0.1) is 5.02 Å². The maximum atomic E-state index is 11.9. The number of pyridine rings is 1. The quantitative estimate of drug-likeness (QED) is 0.685. The molecule has 20 heavy (non-hydrogen) atoms. The number of aromatic nitrogens is 1. The van der Waals surface area contributed by atoms with Crippen molar-refractivity contribution in [2.45, 2.75) is 12.8 Å². The van der Waals surface area contributed by atoms with Gasteiger partial charge in [0.1, 0.15) is 11.5 Å². The zero-order chi connectivity index (χ0) is 14.5. The van der Waals surface area contributed by atoms with E-state index in [2.05, 4.69) is 20.9 Å². The van der Waals surface area contributed by atoms with Gasteiger partial charge >= 0.3 is 0 Å². The number of carbonyl (C=O) groups is 2. The monoisotopic (exact) mass is 296 g/mol. The van der Waals surface area contributed by atoms with E-state index in [9.17, 15) is 9.59 Å². The summed E-state index contributed by atoms with van der Waals surface area (Å²) >= 11 is 5.94. The Morgan fingerprint density at radius 1 is 1.30 bits per heavy atom. The van der Waals surface area contributed by atoms with Crippen molar-refractivity contribution >= 4 is 29.2 Å². The van der Waals surface area contributed by atoms with Gasteiger partial charge < -0.3 is 16.0 Å². The van der Waals surface area contributed by atoms with Gasteiger partial charge in [0, 0.05) is 26.1 Å². The molecule has 0 atom stereocenters. The van der Waals surface area contributed by atoms with Crippen molar-refractivity contribution in [1.82, 2.24) is 15.6 Å². The van der Waals surface area contributed by atoms with E-state index in [1.165, 1.54) is 0 Å². The molecule has 2 rings (SSSR count). The van der Waals surface area contributed by atoms with E-state index < -0.39 is 0 Å². The molecular formula is C13H17ClN4O2. The van der Waals surface area contributed by atoms with E-state index >= 15 is 0 Å². The van der Waals surface area contributed by atoms with Gasteiger partial charge in [-0.3, -0.25) is 9.59 Å². The van der Waals surface area contributed by atoms with Crippen LogP contribution in [-0.4, -0.2) is 36.9 Å².